The third-order valence-corrected chi connectivity index (χ3v) is 5.86. The van der Waals surface area contributed by atoms with E-state index in [9.17, 15) is 9.90 Å². The van der Waals surface area contributed by atoms with Gasteiger partial charge in [0.15, 0.2) is 6.23 Å². The Morgan fingerprint density at radius 3 is 2.82 bits per heavy atom. The molecule has 0 bridgehead atoms. The fourth-order valence-corrected chi connectivity index (χ4v) is 4.23. The average Bonchev–Trinajstić information content (AvgIpc) is 3.01. The van der Waals surface area contributed by atoms with Crippen LogP contribution in [0.5, 0.6) is 0 Å². The van der Waals surface area contributed by atoms with E-state index < -0.39 is 6.23 Å². The van der Waals surface area contributed by atoms with E-state index >= 15 is 0 Å². The van der Waals surface area contributed by atoms with Crippen LogP contribution in [0.2, 0.25) is 0 Å². The quantitative estimate of drug-likeness (QED) is 0.627. The topological polar surface area (TPSA) is 113 Å². The molecule has 1 aromatic carbocycles. The number of thioether (sulfide) groups is 1. The van der Waals surface area contributed by atoms with E-state index in [0.717, 1.165) is 60.1 Å². The number of anilines is 1. The molecule has 1 aromatic heterocycles. The first kappa shape index (κ1) is 18.9. The Hall–Kier alpha value is -2.42. The van der Waals surface area contributed by atoms with Crippen LogP contribution in [-0.2, 0) is 0 Å². The van der Waals surface area contributed by atoms with Gasteiger partial charge >= 0.3 is 0 Å². The van der Waals surface area contributed by atoms with Crippen molar-refractivity contribution in [2.24, 2.45) is 5.73 Å². The Balaban J connectivity index is 1.51. The zero-order valence-corrected chi connectivity index (χ0v) is 16.2. The highest BCUT2D eigenvalue weighted by atomic mass is 32.2. The van der Waals surface area contributed by atoms with Crippen LogP contribution in [0.4, 0.5) is 10.6 Å². The number of benzene rings is 1. The molecule has 0 spiro atoms. The molecule has 2 heterocycles. The molecule has 2 aliphatic rings. The summed E-state index contributed by atoms with van der Waals surface area (Å²) in [6.45, 7) is 0. The number of aliphatic hydroxyl groups is 1. The Morgan fingerprint density at radius 1 is 1.25 bits per heavy atom. The van der Waals surface area contributed by atoms with E-state index in [1.165, 1.54) is 0 Å². The lowest BCUT2D eigenvalue weighted by Gasteiger charge is -2.27. The average molecular weight is 398 g/mol. The fourth-order valence-electron chi connectivity index (χ4n) is 3.48. The van der Waals surface area contributed by atoms with Crippen LogP contribution in [0.3, 0.4) is 0 Å². The normalized spacial score (nSPS) is 26.3. The van der Waals surface area contributed by atoms with E-state index in [-0.39, 0.29) is 5.24 Å². The summed E-state index contributed by atoms with van der Waals surface area (Å²) in [5.74, 6) is 0.762. The first-order chi connectivity index (χ1) is 13.6. The Morgan fingerprint density at radius 2 is 2.07 bits per heavy atom. The number of hydrogen-bond donors (Lipinski definition) is 4. The van der Waals surface area contributed by atoms with Crippen LogP contribution in [-0.4, -0.2) is 38.6 Å². The molecular weight excluding hydrogens is 374 g/mol. The lowest BCUT2D eigenvalue weighted by molar-refractivity contribution is 0.192. The molecule has 1 aliphatic carbocycles. The second-order valence-corrected chi connectivity index (χ2v) is 8.20. The van der Waals surface area contributed by atoms with Gasteiger partial charge in [-0.15, -0.1) is 0 Å². The Labute approximate surface area is 167 Å². The number of nitrogens with two attached hydrogens (primary N) is 1. The molecule has 2 aromatic rings. The molecule has 1 amide bonds. The van der Waals surface area contributed by atoms with Crippen LogP contribution in [0.1, 0.15) is 31.2 Å². The van der Waals surface area contributed by atoms with Gasteiger partial charge in [-0.3, -0.25) is 9.78 Å². The van der Waals surface area contributed by atoms with Gasteiger partial charge in [0.1, 0.15) is 5.82 Å². The highest BCUT2D eigenvalue weighted by molar-refractivity contribution is 8.17. The van der Waals surface area contributed by atoms with Gasteiger partial charge in [0.05, 0.1) is 18.1 Å². The van der Waals surface area contributed by atoms with Gasteiger partial charge in [0, 0.05) is 22.6 Å². The predicted molar refractivity (Wildman–Crippen MR) is 111 cm³/mol. The van der Waals surface area contributed by atoms with E-state index in [0.29, 0.717) is 17.0 Å². The van der Waals surface area contributed by atoms with Crippen molar-refractivity contribution in [2.75, 3.05) is 5.32 Å². The van der Waals surface area contributed by atoms with Gasteiger partial charge in [-0.2, -0.15) is 0 Å². The number of hydrogen-bond acceptors (Lipinski definition) is 7. The summed E-state index contributed by atoms with van der Waals surface area (Å²) in [6, 6.07) is 8.48. The number of nitrogens with zero attached hydrogens (tertiary/aromatic N) is 2. The summed E-state index contributed by atoms with van der Waals surface area (Å²) in [5, 5.41) is 15.5. The molecule has 146 valence electrons. The van der Waals surface area contributed by atoms with E-state index in [1.54, 1.807) is 18.5 Å². The number of carbonyl (C=O) groups excluding carboxylic acids is 1. The summed E-state index contributed by atoms with van der Waals surface area (Å²) in [6.07, 6.45) is 8.48. The van der Waals surface area contributed by atoms with Crippen molar-refractivity contribution in [3.63, 3.8) is 0 Å². The zero-order valence-electron chi connectivity index (χ0n) is 15.3. The third-order valence-electron chi connectivity index (χ3n) is 4.98. The summed E-state index contributed by atoms with van der Waals surface area (Å²) >= 11 is 1.01. The molecule has 1 saturated heterocycles. The molecular formula is C20H23N5O2S. The second-order valence-electron chi connectivity index (χ2n) is 7.15. The number of carbonyl (C=O) groups is 1. The minimum absolute atomic E-state index is 0.247. The summed E-state index contributed by atoms with van der Waals surface area (Å²) in [5.41, 5.74) is 8.56. The van der Waals surface area contributed by atoms with Crippen LogP contribution in [0, 0.1) is 0 Å². The largest absolute Gasteiger partial charge is 0.369 e. The van der Waals surface area contributed by atoms with Crippen LogP contribution in [0.15, 0.2) is 41.6 Å². The maximum absolute atomic E-state index is 11.4. The summed E-state index contributed by atoms with van der Waals surface area (Å²) < 4.78 is 0. The molecule has 4 rings (SSSR count). The van der Waals surface area contributed by atoms with Crippen molar-refractivity contribution in [1.29, 1.82) is 0 Å². The van der Waals surface area contributed by atoms with Crippen molar-refractivity contribution in [3.05, 3.63) is 47.1 Å². The Bertz CT molecular complexity index is 896. The van der Waals surface area contributed by atoms with Gasteiger partial charge in [-0.05, 0) is 55.2 Å². The van der Waals surface area contributed by atoms with Gasteiger partial charge < -0.3 is 21.5 Å². The number of nitrogens with one attached hydrogen (secondary N) is 2. The number of amides is 1. The van der Waals surface area contributed by atoms with E-state index in [1.807, 2.05) is 24.3 Å². The summed E-state index contributed by atoms with van der Waals surface area (Å²) in [4.78, 5) is 21.0. The van der Waals surface area contributed by atoms with Crippen molar-refractivity contribution >= 4 is 28.9 Å². The molecule has 0 radical (unpaired) electrons. The zero-order chi connectivity index (χ0) is 19.5. The molecule has 1 aliphatic heterocycles. The van der Waals surface area contributed by atoms with Crippen LogP contribution >= 0.6 is 11.8 Å². The first-order valence-corrected chi connectivity index (χ1v) is 10.2. The van der Waals surface area contributed by atoms with Gasteiger partial charge in [-0.1, -0.05) is 18.2 Å². The maximum Gasteiger partial charge on any atom is 0.285 e. The molecule has 1 unspecified atom stereocenters. The van der Waals surface area contributed by atoms with E-state index in [4.69, 9.17) is 10.7 Å². The van der Waals surface area contributed by atoms with Crippen molar-refractivity contribution in [3.8, 4) is 11.3 Å². The lowest BCUT2D eigenvalue weighted by atomic mass is 9.92. The van der Waals surface area contributed by atoms with E-state index in [2.05, 4.69) is 15.6 Å². The van der Waals surface area contributed by atoms with Crippen LogP contribution < -0.4 is 16.4 Å². The van der Waals surface area contributed by atoms with Gasteiger partial charge in [0.25, 0.3) is 5.24 Å². The molecule has 2 fully saturated rings. The number of aromatic nitrogens is 2. The highest BCUT2D eigenvalue weighted by Crippen LogP contribution is 2.29. The number of rotatable bonds is 4. The number of aliphatic hydroxyl groups excluding tert-OH is 1. The molecule has 7 nitrogen and oxygen atoms in total. The monoisotopic (exact) mass is 397 g/mol. The summed E-state index contributed by atoms with van der Waals surface area (Å²) in [7, 11) is 0. The minimum atomic E-state index is -0.947. The molecule has 1 saturated carbocycles. The molecule has 8 heteroatoms. The van der Waals surface area contributed by atoms with Gasteiger partial charge in [-0.25, -0.2) is 4.98 Å². The van der Waals surface area contributed by atoms with Gasteiger partial charge in [0.2, 0.25) is 0 Å². The maximum atomic E-state index is 11.4. The van der Waals surface area contributed by atoms with Crippen molar-refractivity contribution in [2.45, 2.75) is 44.0 Å². The lowest BCUT2D eigenvalue weighted by Crippen LogP contribution is -2.33. The van der Waals surface area contributed by atoms with Crippen molar-refractivity contribution < 1.29 is 9.90 Å². The smallest absolute Gasteiger partial charge is 0.285 e. The third kappa shape index (κ3) is 4.52. The molecule has 5 N–H and O–H groups in total. The standard InChI is InChI=1S/C20H23N5O2S/c21-14-4-6-15(7-5-14)23-18-11-22-10-16(24-18)13-3-1-2-12(8-13)9-17-19(26)25-20(27)28-17/h1-3,8-11,14-15,19,26H,4-7,21H2,(H,23,24)(H,25,27). The van der Waals surface area contributed by atoms with Crippen LogP contribution in [0.25, 0.3) is 17.3 Å². The highest BCUT2D eigenvalue weighted by Gasteiger charge is 2.25. The minimum Gasteiger partial charge on any atom is -0.369 e. The van der Waals surface area contributed by atoms with Crippen molar-refractivity contribution in [1.82, 2.24) is 15.3 Å². The first-order valence-electron chi connectivity index (χ1n) is 9.39. The molecule has 1 atom stereocenters. The predicted octanol–water partition coefficient (Wildman–Crippen LogP) is 2.94. The second kappa shape index (κ2) is 8.30. The molecule has 28 heavy (non-hydrogen) atoms. The Kier molecular flexibility index (Phi) is 5.61. The SMILES string of the molecule is NC1CCC(Nc2cncc(-c3cccc(C=C4SC(=O)NC4O)c3)n2)CC1. The fraction of sp³-hybridized carbons (Fsp3) is 0.350.